The maximum atomic E-state index is 13.4. The number of benzene rings is 1. The van der Waals surface area contributed by atoms with E-state index in [4.69, 9.17) is 4.52 Å². The first-order valence-corrected chi connectivity index (χ1v) is 8.46. The smallest absolute Gasteiger partial charge is 0.226 e. The van der Waals surface area contributed by atoms with E-state index < -0.39 is 0 Å². The zero-order valence-electron chi connectivity index (χ0n) is 13.6. The highest BCUT2D eigenvalue weighted by Crippen LogP contribution is 2.49. The molecule has 1 aromatic carbocycles. The summed E-state index contributed by atoms with van der Waals surface area (Å²) in [5, 5.41) is 4.00. The van der Waals surface area contributed by atoms with Gasteiger partial charge in [0.25, 0.3) is 0 Å². The Balaban J connectivity index is 1.42. The molecular formula is C18H20FN3O2. The summed E-state index contributed by atoms with van der Waals surface area (Å²) in [6.45, 7) is 3.19. The summed E-state index contributed by atoms with van der Waals surface area (Å²) in [5.74, 6) is 1.47. The molecule has 1 saturated carbocycles. The third kappa shape index (κ3) is 2.92. The summed E-state index contributed by atoms with van der Waals surface area (Å²) in [6.07, 6.45) is 2.73. The number of likely N-dealkylation sites (tertiary alicyclic amines) is 1. The normalized spacial score (nSPS) is 26.4. The van der Waals surface area contributed by atoms with Gasteiger partial charge in [-0.1, -0.05) is 17.3 Å². The molecule has 0 radical (unpaired) electrons. The van der Waals surface area contributed by atoms with E-state index in [1.54, 1.807) is 19.1 Å². The van der Waals surface area contributed by atoms with Crippen molar-refractivity contribution in [2.45, 2.75) is 38.0 Å². The van der Waals surface area contributed by atoms with Crippen molar-refractivity contribution in [3.63, 3.8) is 0 Å². The van der Waals surface area contributed by atoms with Gasteiger partial charge in [-0.05, 0) is 42.9 Å². The molecule has 0 spiro atoms. The van der Waals surface area contributed by atoms with Gasteiger partial charge in [0.05, 0.1) is 0 Å². The van der Waals surface area contributed by atoms with E-state index >= 15 is 0 Å². The van der Waals surface area contributed by atoms with Crippen LogP contribution in [0.15, 0.2) is 28.8 Å². The number of amides is 1. The van der Waals surface area contributed by atoms with Gasteiger partial charge in [-0.3, -0.25) is 4.79 Å². The first kappa shape index (κ1) is 15.3. The lowest BCUT2D eigenvalue weighted by molar-refractivity contribution is -0.133. The predicted molar refractivity (Wildman–Crippen MR) is 84.8 cm³/mol. The highest BCUT2D eigenvalue weighted by Gasteiger charge is 2.46. The number of carbonyl (C=O) groups excluding carboxylic acids is 1. The maximum absolute atomic E-state index is 13.4. The van der Waals surface area contributed by atoms with Crippen LogP contribution in [-0.4, -0.2) is 34.0 Å². The molecule has 1 aliphatic heterocycles. The lowest BCUT2D eigenvalue weighted by Crippen LogP contribution is -2.40. The van der Waals surface area contributed by atoms with Crippen LogP contribution in [-0.2, 0) is 4.79 Å². The fourth-order valence-corrected chi connectivity index (χ4v) is 3.68. The van der Waals surface area contributed by atoms with Crippen LogP contribution in [0.2, 0.25) is 0 Å². The van der Waals surface area contributed by atoms with Gasteiger partial charge >= 0.3 is 0 Å². The molecule has 1 aliphatic carbocycles. The van der Waals surface area contributed by atoms with E-state index in [-0.39, 0.29) is 29.5 Å². The summed E-state index contributed by atoms with van der Waals surface area (Å²) in [4.78, 5) is 19.0. The lowest BCUT2D eigenvalue weighted by atomic mass is 9.96. The van der Waals surface area contributed by atoms with Crippen molar-refractivity contribution < 1.29 is 13.7 Å². The number of piperidine rings is 1. The van der Waals surface area contributed by atoms with E-state index in [2.05, 4.69) is 10.1 Å². The molecule has 126 valence electrons. The molecule has 4 rings (SSSR count). The largest absolute Gasteiger partial charge is 0.342 e. The number of hydrogen-bond donors (Lipinski definition) is 0. The molecule has 2 heterocycles. The van der Waals surface area contributed by atoms with Crippen LogP contribution in [0.5, 0.6) is 0 Å². The molecule has 0 unspecified atom stereocenters. The van der Waals surface area contributed by atoms with Crippen LogP contribution in [0.4, 0.5) is 4.39 Å². The highest BCUT2D eigenvalue weighted by molar-refractivity contribution is 5.83. The van der Waals surface area contributed by atoms with Gasteiger partial charge in [0.1, 0.15) is 5.82 Å². The Hall–Kier alpha value is -2.24. The molecule has 1 aromatic heterocycles. The van der Waals surface area contributed by atoms with Crippen molar-refractivity contribution in [1.29, 1.82) is 0 Å². The zero-order chi connectivity index (χ0) is 16.7. The summed E-state index contributed by atoms with van der Waals surface area (Å²) in [5.41, 5.74) is 0.927. The quantitative estimate of drug-likeness (QED) is 0.868. The first-order valence-electron chi connectivity index (χ1n) is 8.46. The molecule has 2 fully saturated rings. The average Bonchev–Trinajstić information content (AvgIpc) is 3.28. The van der Waals surface area contributed by atoms with Crippen LogP contribution in [0.25, 0.3) is 0 Å². The minimum absolute atomic E-state index is 0.0162. The number of nitrogens with zero attached hydrogens (tertiary/aromatic N) is 3. The second-order valence-corrected chi connectivity index (χ2v) is 6.80. The van der Waals surface area contributed by atoms with Gasteiger partial charge in [-0.15, -0.1) is 0 Å². The summed E-state index contributed by atoms with van der Waals surface area (Å²) in [6, 6.07) is 6.59. The molecule has 5 nitrogen and oxygen atoms in total. The van der Waals surface area contributed by atoms with Crippen LogP contribution in [0.3, 0.4) is 0 Å². The Morgan fingerprint density at radius 3 is 3.04 bits per heavy atom. The molecule has 6 heteroatoms. The van der Waals surface area contributed by atoms with Crippen LogP contribution in [0.1, 0.15) is 48.4 Å². The predicted octanol–water partition coefficient (Wildman–Crippen LogP) is 3.03. The SMILES string of the molecule is Cc1nc([C@@H]2CCCN(C(=O)[C@@H]3C[C@@H]3c3cccc(F)c3)C2)no1. The van der Waals surface area contributed by atoms with Gasteiger partial charge in [-0.25, -0.2) is 4.39 Å². The Kier molecular flexibility index (Phi) is 3.82. The van der Waals surface area contributed by atoms with E-state index in [0.29, 0.717) is 18.3 Å². The standard InChI is InChI=1S/C18H20FN3O2/c1-11-20-17(21-24-11)13-5-3-7-22(10-13)18(23)16-9-15(16)12-4-2-6-14(19)8-12/h2,4,6,8,13,15-16H,3,5,7,9-10H2,1H3/t13-,15-,16-/m1/s1. The molecule has 0 bridgehead atoms. The topological polar surface area (TPSA) is 59.2 Å². The molecule has 1 amide bonds. The van der Waals surface area contributed by atoms with Crippen molar-refractivity contribution in [1.82, 2.24) is 15.0 Å². The number of carbonyl (C=O) groups is 1. The van der Waals surface area contributed by atoms with Gasteiger partial charge < -0.3 is 9.42 Å². The maximum Gasteiger partial charge on any atom is 0.226 e. The Morgan fingerprint density at radius 2 is 2.29 bits per heavy atom. The molecule has 0 N–H and O–H groups in total. The number of halogens is 1. The summed E-state index contributed by atoms with van der Waals surface area (Å²) < 4.78 is 18.4. The van der Waals surface area contributed by atoms with Gasteiger partial charge in [0.15, 0.2) is 5.82 Å². The minimum Gasteiger partial charge on any atom is -0.342 e. The van der Waals surface area contributed by atoms with Gasteiger partial charge in [-0.2, -0.15) is 4.98 Å². The molecule has 24 heavy (non-hydrogen) atoms. The third-order valence-corrected chi connectivity index (χ3v) is 5.03. The summed E-state index contributed by atoms with van der Waals surface area (Å²) in [7, 11) is 0. The third-order valence-electron chi connectivity index (χ3n) is 5.03. The van der Waals surface area contributed by atoms with E-state index in [9.17, 15) is 9.18 Å². The number of aryl methyl sites for hydroxylation is 1. The molecule has 2 aromatic rings. The summed E-state index contributed by atoms with van der Waals surface area (Å²) >= 11 is 0. The van der Waals surface area contributed by atoms with Crippen molar-refractivity contribution >= 4 is 5.91 Å². The van der Waals surface area contributed by atoms with Gasteiger partial charge in [0.2, 0.25) is 11.8 Å². The lowest BCUT2D eigenvalue weighted by Gasteiger charge is -2.31. The van der Waals surface area contributed by atoms with E-state index in [1.165, 1.54) is 6.07 Å². The second-order valence-electron chi connectivity index (χ2n) is 6.80. The Morgan fingerprint density at radius 1 is 1.42 bits per heavy atom. The highest BCUT2D eigenvalue weighted by atomic mass is 19.1. The zero-order valence-corrected chi connectivity index (χ0v) is 13.6. The second kappa shape index (κ2) is 6.00. The van der Waals surface area contributed by atoms with Crippen molar-refractivity contribution in [3.05, 3.63) is 47.4 Å². The van der Waals surface area contributed by atoms with Crippen LogP contribution < -0.4 is 0 Å². The number of aromatic nitrogens is 2. The van der Waals surface area contributed by atoms with E-state index in [1.807, 2.05) is 11.0 Å². The first-order chi connectivity index (χ1) is 11.6. The Labute approximate surface area is 139 Å². The fraction of sp³-hybridized carbons (Fsp3) is 0.500. The number of rotatable bonds is 3. The monoisotopic (exact) mass is 329 g/mol. The van der Waals surface area contributed by atoms with Crippen LogP contribution in [0, 0.1) is 18.7 Å². The van der Waals surface area contributed by atoms with Crippen LogP contribution >= 0.6 is 0 Å². The molecule has 1 saturated heterocycles. The number of hydrogen-bond acceptors (Lipinski definition) is 4. The van der Waals surface area contributed by atoms with E-state index in [0.717, 1.165) is 31.4 Å². The molecular weight excluding hydrogens is 309 g/mol. The van der Waals surface area contributed by atoms with Crippen molar-refractivity contribution in [2.24, 2.45) is 5.92 Å². The molecule has 2 aliphatic rings. The minimum atomic E-state index is -0.240. The Bertz CT molecular complexity index is 760. The van der Waals surface area contributed by atoms with Crippen molar-refractivity contribution in [3.8, 4) is 0 Å². The fourth-order valence-electron chi connectivity index (χ4n) is 3.68. The molecule has 3 atom stereocenters. The average molecular weight is 329 g/mol. The van der Waals surface area contributed by atoms with Gasteiger partial charge in [0, 0.05) is 31.8 Å². The van der Waals surface area contributed by atoms with Crippen molar-refractivity contribution in [2.75, 3.05) is 13.1 Å².